The van der Waals surface area contributed by atoms with E-state index in [1.54, 1.807) is 6.07 Å². The molecule has 31 heavy (non-hydrogen) atoms. The van der Waals surface area contributed by atoms with Gasteiger partial charge in [0.2, 0.25) is 5.91 Å². The molecule has 0 radical (unpaired) electrons. The van der Waals surface area contributed by atoms with Crippen LogP contribution in [0.25, 0.3) is 0 Å². The highest BCUT2D eigenvalue weighted by atomic mass is 16.5. The monoisotopic (exact) mass is 431 g/mol. The fraction of sp³-hybridized carbons (Fsp3) is 0.667. The molecule has 0 bridgehead atoms. The molecule has 0 saturated heterocycles. The van der Waals surface area contributed by atoms with Gasteiger partial charge in [0.25, 0.3) is 0 Å². The molecule has 0 fully saturated rings. The second-order valence-corrected chi connectivity index (χ2v) is 8.44. The number of hydrogen-bond donors (Lipinski definition) is 2. The zero-order valence-electron chi connectivity index (χ0n) is 20.0. The SMILES string of the molecule is CCCCCCCCC=CCCCCCCCC(=O)NCCc1ccc(O)c(OC)c1. The van der Waals surface area contributed by atoms with Crippen LogP contribution in [-0.4, -0.2) is 24.7 Å². The number of aromatic hydroxyl groups is 1. The van der Waals surface area contributed by atoms with Crippen molar-refractivity contribution in [3.63, 3.8) is 0 Å². The summed E-state index contributed by atoms with van der Waals surface area (Å²) in [7, 11) is 1.54. The lowest BCUT2D eigenvalue weighted by molar-refractivity contribution is -0.121. The minimum atomic E-state index is 0.128. The second-order valence-electron chi connectivity index (χ2n) is 8.44. The number of unbranched alkanes of at least 4 members (excludes halogenated alkanes) is 11. The lowest BCUT2D eigenvalue weighted by Gasteiger charge is -2.08. The molecule has 0 aliphatic carbocycles. The highest BCUT2D eigenvalue weighted by Gasteiger charge is 2.04. The van der Waals surface area contributed by atoms with Gasteiger partial charge in [0.15, 0.2) is 11.5 Å². The molecule has 0 aliphatic heterocycles. The number of carbonyl (C=O) groups excluding carboxylic acids is 1. The largest absolute Gasteiger partial charge is 0.504 e. The number of hydrogen-bond acceptors (Lipinski definition) is 3. The first-order valence-corrected chi connectivity index (χ1v) is 12.4. The summed E-state index contributed by atoms with van der Waals surface area (Å²) >= 11 is 0. The summed E-state index contributed by atoms with van der Waals surface area (Å²) in [6.07, 6.45) is 22.5. The Morgan fingerprint density at radius 1 is 0.935 bits per heavy atom. The summed E-state index contributed by atoms with van der Waals surface area (Å²) in [6.45, 7) is 2.87. The van der Waals surface area contributed by atoms with E-state index in [1.165, 1.54) is 77.7 Å². The van der Waals surface area contributed by atoms with Crippen LogP contribution in [0.1, 0.15) is 102 Å². The van der Waals surface area contributed by atoms with Crippen LogP contribution in [0.15, 0.2) is 30.4 Å². The van der Waals surface area contributed by atoms with Gasteiger partial charge in [0.1, 0.15) is 0 Å². The molecule has 0 unspecified atom stereocenters. The molecule has 2 N–H and O–H groups in total. The Morgan fingerprint density at radius 2 is 1.55 bits per heavy atom. The van der Waals surface area contributed by atoms with E-state index in [9.17, 15) is 9.90 Å². The summed E-state index contributed by atoms with van der Waals surface area (Å²) in [5, 5.41) is 12.6. The standard InChI is InChI=1S/C27H45NO3/c1-3-4-5-6-7-8-9-10-11-12-13-14-15-16-17-18-27(30)28-22-21-24-19-20-25(29)26(23-24)31-2/h10-11,19-20,23,29H,3-9,12-18,21-22H2,1-2H3,(H,28,30). The normalized spacial score (nSPS) is 11.2. The number of allylic oxidation sites excluding steroid dienone is 2. The first-order chi connectivity index (χ1) is 15.2. The maximum absolute atomic E-state index is 12.0. The predicted octanol–water partition coefficient (Wildman–Crippen LogP) is 7.10. The minimum Gasteiger partial charge on any atom is -0.504 e. The molecule has 1 rings (SSSR count). The van der Waals surface area contributed by atoms with Crippen molar-refractivity contribution in [2.24, 2.45) is 0 Å². The van der Waals surface area contributed by atoms with Crippen molar-refractivity contribution in [2.45, 2.75) is 103 Å². The summed E-state index contributed by atoms with van der Waals surface area (Å²) in [4.78, 5) is 12.0. The van der Waals surface area contributed by atoms with E-state index in [0.29, 0.717) is 18.7 Å². The van der Waals surface area contributed by atoms with Crippen LogP contribution in [0, 0.1) is 0 Å². The molecular formula is C27H45NO3. The Balaban J connectivity index is 1.91. The van der Waals surface area contributed by atoms with Crippen molar-refractivity contribution < 1.29 is 14.6 Å². The Bertz CT molecular complexity index is 612. The fourth-order valence-corrected chi connectivity index (χ4v) is 3.67. The van der Waals surface area contributed by atoms with Crippen molar-refractivity contribution in [1.82, 2.24) is 5.32 Å². The molecular weight excluding hydrogens is 386 g/mol. The van der Waals surface area contributed by atoms with E-state index in [-0.39, 0.29) is 11.7 Å². The van der Waals surface area contributed by atoms with Crippen molar-refractivity contribution in [3.8, 4) is 11.5 Å². The highest BCUT2D eigenvalue weighted by Crippen LogP contribution is 2.26. The molecule has 1 aromatic rings. The quantitative estimate of drug-likeness (QED) is 0.181. The van der Waals surface area contributed by atoms with Crippen LogP contribution in [-0.2, 0) is 11.2 Å². The lowest BCUT2D eigenvalue weighted by atomic mass is 10.1. The van der Waals surface area contributed by atoms with E-state index in [0.717, 1.165) is 24.8 Å². The minimum absolute atomic E-state index is 0.128. The third kappa shape index (κ3) is 14.6. The van der Waals surface area contributed by atoms with Gasteiger partial charge in [-0.15, -0.1) is 0 Å². The molecule has 0 aromatic heterocycles. The third-order valence-electron chi connectivity index (χ3n) is 5.65. The van der Waals surface area contributed by atoms with Crippen LogP contribution < -0.4 is 10.1 Å². The van der Waals surface area contributed by atoms with Gasteiger partial charge in [-0.2, -0.15) is 0 Å². The zero-order valence-corrected chi connectivity index (χ0v) is 20.0. The molecule has 176 valence electrons. The van der Waals surface area contributed by atoms with Gasteiger partial charge in [-0.1, -0.05) is 76.5 Å². The molecule has 0 saturated carbocycles. The Morgan fingerprint density at radius 3 is 2.19 bits per heavy atom. The summed E-state index contributed by atoms with van der Waals surface area (Å²) in [6, 6.07) is 5.29. The van der Waals surface area contributed by atoms with Crippen molar-refractivity contribution >= 4 is 5.91 Å². The van der Waals surface area contributed by atoms with Gasteiger partial charge in [0.05, 0.1) is 7.11 Å². The van der Waals surface area contributed by atoms with E-state index < -0.39 is 0 Å². The van der Waals surface area contributed by atoms with Gasteiger partial charge in [0, 0.05) is 13.0 Å². The number of nitrogens with one attached hydrogen (secondary N) is 1. The van der Waals surface area contributed by atoms with E-state index in [2.05, 4.69) is 24.4 Å². The molecule has 4 heteroatoms. The maximum Gasteiger partial charge on any atom is 0.220 e. The van der Waals surface area contributed by atoms with Gasteiger partial charge >= 0.3 is 0 Å². The molecule has 1 aromatic carbocycles. The van der Waals surface area contributed by atoms with Crippen molar-refractivity contribution in [3.05, 3.63) is 35.9 Å². The van der Waals surface area contributed by atoms with E-state index >= 15 is 0 Å². The molecule has 0 spiro atoms. The topological polar surface area (TPSA) is 58.6 Å². The van der Waals surface area contributed by atoms with Crippen LogP contribution >= 0.6 is 0 Å². The van der Waals surface area contributed by atoms with Gasteiger partial charge in [-0.3, -0.25) is 4.79 Å². The molecule has 0 aliphatic rings. The Kier molecular flexibility index (Phi) is 16.4. The average Bonchev–Trinajstić information content (AvgIpc) is 2.77. The van der Waals surface area contributed by atoms with Crippen LogP contribution in [0.4, 0.5) is 0 Å². The number of phenolic OH excluding ortho intramolecular Hbond substituents is 1. The Labute approximate surface area is 190 Å². The van der Waals surface area contributed by atoms with Crippen LogP contribution in [0.5, 0.6) is 11.5 Å². The zero-order chi connectivity index (χ0) is 22.6. The number of phenols is 1. The smallest absolute Gasteiger partial charge is 0.220 e. The predicted molar refractivity (Wildman–Crippen MR) is 131 cm³/mol. The summed E-state index contributed by atoms with van der Waals surface area (Å²) < 4.78 is 5.11. The van der Waals surface area contributed by atoms with Gasteiger partial charge in [-0.05, 0) is 56.2 Å². The number of amides is 1. The number of benzene rings is 1. The number of rotatable bonds is 19. The van der Waals surface area contributed by atoms with Crippen LogP contribution in [0.2, 0.25) is 0 Å². The van der Waals surface area contributed by atoms with Gasteiger partial charge < -0.3 is 15.2 Å². The van der Waals surface area contributed by atoms with Gasteiger partial charge in [-0.25, -0.2) is 0 Å². The number of methoxy groups -OCH3 is 1. The maximum atomic E-state index is 12.0. The van der Waals surface area contributed by atoms with Crippen molar-refractivity contribution in [2.75, 3.05) is 13.7 Å². The van der Waals surface area contributed by atoms with Crippen LogP contribution in [0.3, 0.4) is 0 Å². The Hall–Kier alpha value is -1.97. The third-order valence-corrected chi connectivity index (χ3v) is 5.65. The average molecular weight is 432 g/mol. The number of ether oxygens (including phenoxy) is 1. The first kappa shape index (κ1) is 27.1. The first-order valence-electron chi connectivity index (χ1n) is 12.4. The molecule has 1 amide bonds. The van der Waals surface area contributed by atoms with Crippen molar-refractivity contribution in [1.29, 1.82) is 0 Å². The molecule has 0 atom stereocenters. The molecule has 4 nitrogen and oxygen atoms in total. The number of carbonyl (C=O) groups is 1. The lowest BCUT2D eigenvalue weighted by Crippen LogP contribution is -2.25. The van der Waals surface area contributed by atoms with E-state index in [4.69, 9.17) is 4.74 Å². The summed E-state index contributed by atoms with van der Waals surface area (Å²) in [5.41, 5.74) is 1.04. The van der Waals surface area contributed by atoms with E-state index in [1.807, 2.05) is 12.1 Å². The highest BCUT2D eigenvalue weighted by molar-refractivity contribution is 5.75. The fourth-order valence-electron chi connectivity index (χ4n) is 3.67. The second kappa shape index (κ2) is 18.8. The summed E-state index contributed by atoms with van der Waals surface area (Å²) in [5.74, 6) is 0.736. The molecule has 0 heterocycles.